The third-order valence-electron chi connectivity index (χ3n) is 2.57. The summed E-state index contributed by atoms with van der Waals surface area (Å²) in [7, 11) is 0. The van der Waals surface area contributed by atoms with E-state index < -0.39 is 6.16 Å². The van der Waals surface area contributed by atoms with E-state index in [0.717, 1.165) is 15.4 Å². The third kappa shape index (κ3) is 1.48. The highest BCUT2D eigenvalue weighted by atomic mass is 79.9. The molecule has 0 radical (unpaired) electrons. The van der Waals surface area contributed by atoms with E-state index in [2.05, 4.69) is 15.9 Å². The van der Waals surface area contributed by atoms with Crippen molar-refractivity contribution in [3.63, 3.8) is 0 Å². The summed E-state index contributed by atoms with van der Waals surface area (Å²) < 4.78 is 12.7. The number of carbonyl (C=O) groups is 1. The molecule has 1 saturated heterocycles. The van der Waals surface area contributed by atoms with Crippen molar-refractivity contribution in [2.75, 3.05) is 6.61 Å². The first-order valence-electron chi connectivity index (χ1n) is 4.83. The molecule has 0 saturated carbocycles. The Morgan fingerprint density at radius 1 is 1.38 bits per heavy atom. The molecule has 1 unspecified atom stereocenters. The van der Waals surface area contributed by atoms with E-state index in [1.54, 1.807) is 0 Å². The average Bonchev–Trinajstić information content (AvgIpc) is 2.83. The van der Waals surface area contributed by atoms with Gasteiger partial charge >= 0.3 is 6.16 Å². The molecular weight excluding hydrogens is 274 g/mol. The van der Waals surface area contributed by atoms with Gasteiger partial charge in [0.15, 0.2) is 6.61 Å². The standard InChI is InChI=1S/C11H8BrNO3/c12-8-1-2-9-7(5-8)3-4-13(9)10-6-15-11(14)16-10/h1-5,10H,6H2. The molecule has 0 spiro atoms. The number of hydrogen-bond donors (Lipinski definition) is 0. The summed E-state index contributed by atoms with van der Waals surface area (Å²) in [6.45, 7) is 0.263. The van der Waals surface area contributed by atoms with Crippen molar-refractivity contribution in [3.05, 3.63) is 34.9 Å². The molecule has 1 fully saturated rings. The number of benzene rings is 1. The van der Waals surface area contributed by atoms with Crippen molar-refractivity contribution in [1.29, 1.82) is 0 Å². The van der Waals surface area contributed by atoms with E-state index in [-0.39, 0.29) is 12.8 Å². The molecule has 1 aliphatic heterocycles. The predicted molar refractivity (Wildman–Crippen MR) is 61.1 cm³/mol. The highest BCUT2D eigenvalue weighted by molar-refractivity contribution is 9.10. The zero-order chi connectivity index (χ0) is 11.1. The van der Waals surface area contributed by atoms with E-state index in [1.807, 2.05) is 35.0 Å². The summed E-state index contributed by atoms with van der Waals surface area (Å²) >= 11 is 3.42. The van der Waals surface area contributed by atoms with Crippen LogP contribution in [0.1, 0.15) is 6.23 Å². The Kier molecular flexibility index (Phi) is 2.14. The first-order chi connectivity index (χ1) is 7.74. The zero-order valence-corrected chi connectivity index (χ0v) is 9.81. The quantitative estimate of drug-likeness (QED) is 0.755. The number of rotatable bonds is 1. The van der Waals surface area contributed by atoms with Gasteiger partial charge in [-0.1, -0.05) is 15.9 Å². The molecule has 0 N–H and O–H groups in total. The lowest BCUT2D eigenvalue weighted by molar-refractivity contribution is 0.0979. The smallest absolute Gasteiger partial charge is 0.428 e. The van der Waals surface area contributed by atoms with Crippen LogP contribution in [0.4, 0.5) is 4.79 Å². The summed E-state index contributed by atoms with van der Waals surface area (Å²) in [5.41, 5.74) is 1.02. The van der Waals surface area contributed by atoms with E-state index >= 15 is 0 Å². The molecule has 82 valence electrons. The summed E-state index contributed by atoms with van der Waals surface area (Å²) in [5.74, 6) is 0. The van der Waals surface area contributed by atoms with Gasteiger partial charge in [-0.15, -0.1) is 0 Å². The highest BCUT2D eigenvalue weighted by Gasteiger charge is 2.26. The fourth-order valence-corrected chi connectivity index (χ4v) is 2.22. The van der Waals surface area contributed by atoms with Crippen molar-refractivity contribution >= 4 is 33.0 Å². The van der Waals surface area contributed by atoms with Gasteiger partial charge in [0.2, 0.25) is 6.23 Å². The molecule has 5 heteroatoms. The largest absolute Gasteiger partial charge is 0.510 e. The Hall–Kier alpha value is -1.49. The van der Waals surface area contributed by atoms with Crippen LogP contribution in [0.3, 0.4) is 0 Å². The second kappa shape index (κ2) is 3.52. The van der Waals surface area contributed by atoms with Crippen LogP contribution in [-0.4, -0.2) is 17.3 Å². The van der Waals surface area contributed by atoms with Gasteiger partial charge in [-0.3, -0.25) is 0 Å². The van der Waals surface area contributed by atoms with E-state index in [9.17, 15) is 4.79 Å². The molecule has 2 aromatic rings. The number of nitrogens with zero attached hydrogens (tertiary/aromatic N) is 1. The maximum Gasteiger partial charge on any atom is 0.510 e. The van der Waals surface area contributed by atoms with Crippen molar-refractivity contribution < 1.29 is 14.3 Å². The lowest BCUT2D eigenvalue weighted by Crippen LogP contribution is -2.09. The van der Waals surface area contributed by atoms with Gasteiger partial charge in [0.1, 0.15) is 0 Å². The fourth-order valence-electron chi connectivity index (χ4n) is 1.84. The molecule has 2 heterocycles. The Morgan fingerprint density at radius 3 is 3.00 bits per heavy atom. The van der Waals surface area contributed by atoms with Crippen molar-refractivity contribution in [1.82, 2.24) is 4.57 Å². The minimum Gasteiger partial charge on any atom is -0.428 e. The molecule has 3 rings (SSSR count). The van der Waals surface area contributed by atoms with Gasteiger partial charge in [0, 0.05) is 16.1 Å². The van der Waals surface area contributed by atoms with Gasteiger partial charge in [-0.05, 0) is 24.3 Å². The first kappa shape index (κ1) is 9.72. The lowest BCUT2D eigenvalue weighted by Gasteiger charge is -2.09. The molecule has 1 atom stereocenters. The van der Waals surface area contributed by atoms with Crippen molar-refractivity contribution in [2.45, 2.75) is 6.23 Å². The lowest BCUT2D eigenvalue weighted by atomic mass is 10.2. The van der Waals surface area contributed by atoms with Crippen molar-refractivity contribution in [3.8, 4) is 0 Å². The molecular formula is C11H8BrNO3. The SMILES string of the molecule is O=C1OCC(n2ccc3cc(Br)ccc32)O1. The third-order valence-corrected chi connectivity index (χ3v) is 3.06. The number of ether oxygens (including phenoxy) is 2. The summed E-state index contributed by atoms with van der Waals surface area (Å²) in [5, 5.41) is 1.09. The zero-order valence-electron chi connectivity index (χ0n) is 8.22. The predicted octanol–water partition coefficient (Wildman–Crippen LogP) is 3.07. The molecule has 0 aliphatic carbocycles. The van der Waals surface area contributed by atoms with Gasteiger partial charge in [0.25, 0.3) is 0 Å². The first-order valence-corrected chi connectivity index (χ1v) is 5.63. The van der Waals surface area contributed by atoms with Gasteiger partial charge in [0.05, 0.1) is 5.52 Å². The van der Waals surface area contributed by atoms with Crippen LogP contribution in [0.5, 0.6) is 0 Å². The monoisotopic (exact) mass is 281 g/mol. The average molecular weight is 282 g/mol. The molecule has 4 nitrogen and oxygen atoms in total. The number of hydrogen-bond acceptors (Lipinski definition) is 3. The number of cyclic esters (lactones) is 2. The second-order valence-electron chi connectivity index (χ2n) is 3.56. The summed E-state index contributed by atoms with van der Waals surface area (Å²) in [6.07, 6.45) is 0.930. The van der Waals surface area contributed by atoms with Crippen LogP contribution in [0.15, 0.2) is 34.9 Å². The van der Waals surface area contributed by atoms with Crippen LogP contribution < -0.4 is 0 Å². The highest BCUT2D eigenvalue weighted by Crippen LogP contribution is 2.26. The van der Waals surface area contributed by atoms with E-state index in [1.165, 1.54) is 0 Å². The maximum absolute atomic E-state index is 10.9. The number of carbonyl (C=O) groups excluding carboxylic acids is 1. The van der Waals surface area contributed by atoms with E-state index in [4.69, 9.17) is 9.47 Å². The van der Waals surface area contributed by atoms with Crippen LogP contribution in [-0.2, 0) is 9.47 Å². The molecule has 1 aromatic heterocycles. The van der Waals surface area contributed by atoms with Gasteiger partial charge < -0.3 is 14.0 Å². The molecule has 16 heavy (non-hydrogen) atoms. The number of fused-ring (bicyclic) bond motifs is 1. The summed E-state index contributed by atoms with van der Waals surface area (Å²) in [6, 6.07) is 7.93. The van der Waals surface area contributed by atoms with Gasteiger partial charge in [-0.2, -0.15) is 0 Å². The second-order valence-corrected chi connectivity index (χ2v) is 4.48. The molecule has 1 aromatic carbocycles. The fraction of sp³-hybridized carbons (Fsp3) is 0.182. The van der Waals surface area contributed by atoms with Crippen LogP contribution in [0.25, 0.3) is 10.9 Å². The van der Waals surface area contributed by atoms with Crippen LogP contribution in [0, 0.1) is 0 Å². The normalized spacial score (nSPS) is 19.8. The minimum atomic E-state index is -0.607. The van der Waals surface area contributed by atoms with Crippen LogP contribution >= 0.6 is 15.9 Å². The Bertz CT molecular complexity index is 563. The minimum absolute atomic E-state index is 0.263. The molecule has 0 amide bonds. The van der Waals surface area contributed by atoms with Crippen LogP contribution in [0.2, 0.25) is 0 Å². The van der Waals surface area contributed by atoms with Gasteiger partial charge in [-0.25, -0.2) is 4.79 Å². The molecule has 0 bridgehead atoms. The maximum atomic E-state index is 10.9. The molecule has 1 aliphatic rings. The van der Waals surface area contributed by atoms with Crippen molar-refractivity contribution in [2.24, 2.45) is 0 Å². The number of halogens is 1. The Morgan fingerprint density at radius 2 is 2.25 bits per heavy atom. The van der Waals surface area contributed by atoms with E-state index in [0.29, 0.717) is 0 Å². The summed E-state index contributed by atoms with van der Waals surface area (Å²) in [4.78, 5) is 10.9. The Balaban J connectivity index is 2.07. The number of aromatic nitrogens is 1. The Labute approximate surface area is 99.9 Å². The topological polar surface area (TPSA) is 40.5 Å².